The van der Waals surface area contributed by atoms with Crippen molar-refractivity contribution in [3.63, 3.8) is 0 Å². The molecule has 2 rings (SSSR count). The molecule has 1 aromatic heterocycles. The molecule has 2 N–H and O–H groups in total. The van der Waals surface area contributed by atoms with Gasteiger partial charge >= 0.3 is 0 Å². The van der Waals surface area contributed by atoms with Crippen LogP contribution in [0.15, 0.2) is 33.9 Å². The van der Waals surface area contributed by atoms with Gasteiger partial charge in [0, 0.05) is 13.1 Å². The Bertz CT molecular complexity index is 710. The zero-order chi connectivity index (χ0) is 14.9. The van der Waals surface area contributed by atoms with Crippen LogP contribution in [0.2, 0.25) is 0 Å². The molecule has 0 aliphatic heterocycles. The summed E-state index contributed by atoms with van der Waals surface area (Å²) in [6.07, 6.45) is 0. The zero-order valence-electron chi connectivity index (χ0n) is 10.8. The lowest BCUT2D eigenvalue weighted by molar-refractivity contribution is 0.473. The largest absolute Gasteiger partial charge is 0.508 e. The standard InChI is InChI=1S/C11H13BrN4O3S/c1-7(8-4-3-5-9(17)6-8)14-20(18,19)11-10(12)13-15-16(11)2/h3-7,14,17H,1-2H3. The normalized spacial score (nSPS) is 13.3. The number of aryl methyl sites for hydroxylation is 1. The maximum absolute atomic E-state index is 12.3. The molecule has 7 nitrogen and oxygen atoms in total. The van der Waals surface area contributed by atoms with Gasteiger partial charge in [0.1, 0.15) is 5.75 Å². The van der Waals surface area contributed by atoms with Crippen molar-refractivity contribution in [1.29, 1.82) is 0 Å². The van der Waals surface area contributed by atoms with E-state index in [1.807, 2.05) is 0 Å². The van der Waals surface area contributed by atoms with Crippen molar-refractivity contribution in [3.8, 4) is 5.75 Å². The van der Waals surface area contributed by atoms with E-state index in [2.05, 4.69) is 31.0 Å². The molecule has 108 valence electrons. The first-order valence-corrected chi connectivity index (χ1v) is 7.95. The molecule has 1 atom stereocenters. The summed E-state index contributed by atoms with van der Waals surface area (Å²) >= 11 is 3.06. The van der Waals surface area contributed by atoms with Crippen molar-refractivity contribution in [3.05, 3.63) is 34.4 Å². The van der Waals surface area contributed by atoms with E-state index < -0.39 is 16.1 Å². The van der Waals surface area contributed by atoms with Gasteiger partial charge in [-0.1, -0.05) is 17.3 Å². The maximum atomic E-state index is 12.3. The molecule has 0 spiro atoms. The van der Waals surface area contributed by atoms with E-state index in [1.165, 1.54) is 23.9 Å². The Balaban J connectivity index is 2.29. The first-order valence-electron chi connectivity index (χ1n) is 5.67. The zero-order valence-corrected chi connectivity index (χ0v) is 13.2. The summed E-state index contributed by atoms with van der Waals surface area (Å²) in [5.74, 6) is 0.0805. The van der Waals surface area contributed by atoms with Gasteiger partial charge in [0.2, 0.25) is 5.03 Å². The van der Waals surface area contributed by atoms with Crippen LogP contribution in [0.1, 0.15) is 18.5 Å². The SMILES string of the molecule is CC(NS(=O)(=O)c1c(Br)nnn1C)c1cccc(O)c1. The Morgan fingerprint density at radius 1 is 1.45 bits per heavy atom. The van der Waals surface area contributed by atoms with E-state index >= 15 is 0 Å². The number of nitrogens with zero attached hydrogens (tertiary/aromatic N) is 3. The van der Waals surface area contributed by atoms with Crippen LogP contribution in [-0.4, -0.2) is 28.5 Å². The number of hydrogen-bond acceptors (Lipinski definition) is 5. The highest BCUT2D eigenvalue weighted by atomic mass is 79.9. The minimum absolute atomic E-state index is 0.0514. The molecule has 0 amide bonds. The Morgan fingerprint density at radius 2 is 2.15 bits per heavy atom. The highest BCUT2D eigenvalue weighted by molar-refractivity contribution is 9.10. The summed E-state index contributed by atoms with van der Waals surface area (Å²) < 4.78 is 28.4. The van der Waals surface area contributed by atoms with Gasteiger partial charge in [-0.3, -0.25) is 0 Å². The second-order valence-corrected chi connectivity index (χ2v) is 6.63. The molecule has 0 aliphatic carbocycles. The smallest absolute Gasteiger partial charge is 0.261 e. The van der Waals surface area contributed by atoms with Crippen molar-refractivity contribution < 1.29 is 13.5 Å². The van der Waals surface area contributed by atoms with Crippen LogP contribution in [0.25, 0.3) is 0 Å². The molecule has 1 unspecified atom stereocenters. The van der Waals surface area contributed by atoms with E-state index in [-0.39, 0.29) is 15.4 Å². The number of aromatic nitrogens is 3. The van der Waals surface area contributed by atoms with Crippen molar-refractivity contribution in [2.24, 2.45) is 7.05 Å². The quantitative estimate of drug-likeness (QED) is 0.856. The lowest BCUT2D eigenvalue weighted by Gasteiger charge is -2.14. The third-order valence-electron chi connectivity index (χ3n) is 2.69. The fraction of sp³-hybridized carbons (Fsp3) is 0.273. The molecule has 0 fully saturated rings. The molecule has 0 radical (unpaired) electrons. The summed E-state index contributed by atoms with van der Waals surface area (Å²) in [6, 6.07) is 5.89. The van der Waals surface area contributed by atoms with Gasteiger partial charge in [0.25, 0.3) is 10.0 Å². The van der Waals surface area contributed by atoms with Crippen LogP contribution in [0.4, 0.5) is 0 Å². The van der Waals surface area contributed by atoms with Gasteiger partial charge < -0.3 is 5.11 Å². The number of halogens is 1. The molecule has 0 bridgehead atoms. The highest BCUT2D eigenvalue weighted by Crippen LogP contribution is 2.22. The first-order chi connectivity index (χ1) is 9.31. The number of aromatic hydroxyl groups is 1. The number of phenolic OH excluding ortho intramolecular Hbond substituents is 1. The van der Waals surface area contributed by atoms with Gasteiger partial charge in [-0.05, 0) is 40.5 Å². The Hall–Kier alpha value is -1.45. The van der Waals surface area contributed by atoms with Crippen molar-refractivity contribution in [2.45, 2.75) is 18.0 Å². The summed E-state index contributed by atoms with van der Waals surface area (Å²) in [5, 5.41) is 16.7. The first kappa shape index (κ1) is 14.9. The summed E-state index contributed by atoms with van der Waals surface area (Å²) in [7, 11) is -2.29. The lowest BCUT2D eigenvalue weighted by atomic mass is 10.1. The number of benzene rings is 1. The van der Waals surface area contributed by atoms with Gasteiger partial charge in [-0.25, -0.2) is 17.8 Å². The molecular formula is C11H13BrN4O3S. The summed E-state index contributed by atoms with van der Waals surface area (Å²) in [4.78, 5) is 0. The number of rotatable bonds is 4. The van der Waals surface area contributed by atoms with Crippen LogP contribution in [0.5, 0.6) is 5.75 Å². The van der Waals surface area contributed by atoms with Crippen LogP contribution in [0, 0.1) is 0 Å². The van der Waals surface area contributed by atoms with E-state index in [0.717, 1.165) is 0 Å². The minimum Gasteiger partial charge on any atom is -0.508 e. The monoisotopic (exact) mass is 360 g/mol. The third-order valence-corrected chi connectivity index (χ3v) is 5.12. The second-order valence-electron chi connectivity index (χ2n) is 4.25. The number of phenols is 1. The highest BCUT2D eigenvalue weighted by Gasteiger charge is 2.26. The molecule has 0 saturated heterocycles. The van der Waals surface area contributed by atoms with Crippen molar-refractivity contribution in [2.75, 3.05) is 0 Å². The van der Waals surface area contributed by atoms with E-state index in [1.54, 1.807) is 19.1 Å². The van der Waals surface area contributed by atoms with Crippen LogP contribution in [-0.2, 0) is 17.1 Å². The maximum Gasteiger partial charge on any atom is 0.261 e. The third kappa shape index (κ3) is 3.00. The van der Waals surface area contributed by atoms with Crippen molar-refractivity contribution in [1.82, 2.24) is 19.7 Å². The predicted octanol–water partition coefficient (Wildman–Crippen LogP) is 1.32. The lowest BCUT2D eigenvalue weighted by Crippen LogP contribution is -2.28. The summed E-state index contributed by atoms with van der Waals surface area (Å²) in [6.45, 7) is 1.68. The Morgan fingerprint density at radius 3 is 2.70 bits per heavy atom. The molecule has 9 heteroatoms. The fourth-order valence-corrected chi connectivity index (χ4v) is 4.09. The van der Waals surface area contributed by atoms with Gasteiger partial charge in [-0.2, -0.15) is 0 Å². The van der Waals surface area contributed by atoms with Crippen LogP contribution < -0.4 is 4.72 Å². The Labute approximate surface area is 124 Å². The van der Waals surface area contributed by atoms with Crippen LogP contribution in [0.3, 0.4) is 0 Å². The molecule has 0 saturated carbocycles. The average molecular weight is 361 g/mol. The molecule has 0 aliphatic rings. The Kier molecular flexibility index (Phi) is 4.11. The van der Waals surface area contributed by atoms with Crippen molar-refractivity contribution >= 4 is 26.0 Å². The fourth-order valence-electron chi connectivity index (χ4n) is 1.76. The minimum atomic E-state index is -3.78. The van der Waals surface area contributed by atoms with Gasteiger partial charge in [0.05, 0.1) is 0 Å². The van der Waals surface area contributed by atoms with Crippen LogP contribution >= 0.6 is 15.9 Å². The number of nitrogens with one attached hydrogen (secondary N) is 1. The second kappa shape index (κ2) is 5.51. The van der Waals surface area contributed by atoms with E-state index in [9.17, 15) is 13.5 Å². The molecule has 20 heavy (non-hydrogen) atoms. The molecule has 1 aromatic carbocycles. The van der Waals surface area contributed by atoms with Gasteiger partial charge in [0.15, 0.2) is 4.60 Å². The van der Waals surface area contributed by atoms with E-state index in [0.29, 0.717) is 5.56 Å². The average Bonchev–Trinajstić information content (AvgIpc) is 2.69. The molecule has 2 aromatic rings. The summed E-state index contributed by atoms with van der Waals surface area (Å²) in [5.41, 5.74) is 0.653. The van der Waals surface area contributed by atoms with E-state index in [4.69, 9.17) is 0 Å². The van der Waals surface area contributed by atoms with Gasteiger partial charge in [-0.15, -0.1) is 5.10 Å². The number of sulfonamides is 1. The predicted molar refractivity (Wildman–Crippen MR) is 75.5 cm³/mol. The number of hydrogen-bond donors (Lipinski definition) is 2. The molecule has 1 heterocycles. The molecular weight excluding hydrogens is 348 g/mol. The topological polar surface area (TPSA) is 97.1 Å².